The molecule has 1 aromatic heterocycles. The van der Waals surface area contributed by atoms with Gasteiger partial charge in [0, 0.05) is 13.1 Å². The number of anilines is 3. The van der Waals surface area contributed by atoms with E-state index in [1.54, 1.807) is 11.9 Å². The molecule has 2 aromatic carbocycles. The first-order chi connectivity index (χ1) is 17.3. The number of aliphatic hydroxyl groups is 1. The van der Waals surface area contributed by atoms with Gasteiger partial charge >= 0.3 is 12.3 Å². The van der Waals surface area contributed by atoms with Crippen molar-refractivity contribution in [1.29, 1.82) is 0 Å². The second-order valence-electron chi connectivity index (χ2n) is 8.22. The van der Waals surface area contributed by atoms with Gasteiger partial charge in [-0.05, 0) is 37.3 Å². The molecule has 0 aliphatic carbocycles. The highest BCUT2D eigenvalue weighted by Crippen LogP contribution is 2.43. The first kappa shape index (κ1) is 26.2. The summed E-state index contributed by atoms with van der Waals surface area (Å²) in [5.41, 5.74) is 6.86. The number of alkyl halides is 3. The molecule has 2 unspecified atom stereocenters. The van der Waals surface area contributed by atoms with Gasteiger partial charge in [-0.1, -0.05) is 11.3 Å². The summed E-state index contributed by atoms with van der Waals surface area (Å²) in [6.45, 7) is 1.09. The van der Waals surface area contributed by atoms with Crippen molar-refractivity contribution in [2.45, 2.75) is 31.3 Å². The molecule has 0 bridgehead atoms. The Morgan fingerprint density at radius 1 is 1.30 bits per heavy atom. The van der Waals surface area contributed by atoms with Crippen LogP contribution in [0.15, 0.2) is 36.4 Å². The van der Waals surface area contributed by atoms with Gasteiger partial charge in [0.05, 0.1) is 39.9 Å². The fraction of sp³-hybridized carbons (Fsp3) is 0.318. The van der Waals surface area contributed by atoms with Gasteiger partial charge in [-0.2, -0.15) is 0 Å². The molecule has 0 saturated carbocycles. The summed E-state index contributed by atoms with van der Waals surface area (Å²) < 4.78 is 48.0. The molecule has 0 radical (unpaired) electrons. The van der Waals surface area contributed by atoms with Crippen LogP contribution in [0.3, 0.4) is 0 Å². The lowest BCUT2D eigenvalue weighted by atomic mass is 10.1. The molecule has 1 amide bonds. The van der Waals surface area contributed by atoms with E-state index in [1.807, 2.05) is 0 Å². The monoisotopic (exact) mass is 541 g/mol. The number of carbonyl (C=O) groups excluding carboxylic acids is 1. The van der Waals surface area contributed by atoms with Crippen molar-refractivity contribution in [3.8, 4) is 5.75 Å². The van der Waals surface area contributed by atoms with Crippen LogP contribution in [0.1, 0.15) is 17.3 Å². The van der Waals surface area contributed by atoms with Crippen molar-refractivity contribution < 1.29 is 42.4 Å². The fourth-order valence-corrected chi connectivity index (χ4v) is 4.88. The summed E-state index contributed by atoms with van der Waals surface area (Å²) in [6, 6.07) is 7.92. The van der Waals surface area contributed by atoms with Crippen LogP contribution in [0.4, 0.5) is 29.7 Å². The lowest BCUT2D eigenvalue weighted by molar-refractivity contribution is -0.274. The number of fused-ring (bicyclic) bond motifs is 2. The second kappa shape index (κ2) is 9.57. The third-order valence-electron chi connectivity index (χ3n) is 5.61. The number of nitrogens with two attached hydrogens (primary N) is 1. The van der Waals surface area contributed by atoms with E-state index in [4.69, 9.17) is 10.5 Å². The molecule has 3 atom stereocenters. The molecule has 0 spiro atoms. The molecule has 198 valence electrons. The average molecular weight is 542 g/mol. The predicted octanol–water partition coefficient (Wildman–Crippen LogP) is 2.77. The van der Waals surface area contributed by atoms with Gasteiger partial charge in [0.1, 0.15) is 5.75 Å². The summed E-state index contributed by atoms with van der Waals surface area (Å²) in [4.78, 5) is 30.1. The summed E-state index contributed by atoms with van der Waals surface area (Å²) in [6.07, 6.45) is -7.14. The van der Waals surface area contributed by atoms with Gasteiger partial charge in [-0.25, -0.2) is 9.78 Å². The van der Waals surface area contributed by atoms with Crippen LogP contribution in [0.2, 0.25) is 0 Å². The number of hydrogen-bond donors (Lipinski definition) is 5. The number of ether oxygens (including phenoxy) is 2. The number of halogens is 3. The van der Waals surface area contributed by atoms with Crippen molar-refractivity contribution in [3.05, 3.63) is 42.0 Å². The van der Waals surface area contributed by atoms with Crippen molar-refractivity contribution in [3.63, 3.8) is 0 Å². The molecule has 11 nitrogen and oxygen atoms in total. The number of rotatable bonds is 9. The van der Waals surface area contributed by atoms with Crippen LogP contribution in [0.25, 0.3) is 10.2 Å². The highest BCUT2D eigenvalue weighted by Gasteiger charge is 2.53. The minimum Gasteiger partial charge on any atom is -0.478 e. The molecule has 4 rings (SSSR count). The summed E-state index contributed by atoms with van der Waals surface area (Å²) in [7, 11) is 1.60. The first-order valence-corrected chi connectivity index (χ1v) is 11.5. The van der Waals surface area contributed by atoms with Crippen molar-refractivity contribution >= 4 is 49.9 Å². The number of aliphatic hydroxyl groups excluding tert-OH is 1. The fourth-order valence-electron chi connectivity index (χ4n) is 3.93. The molecule has 0 saturated heterocycles. The van der Waals surface area contributed by atoms with Gasteiger partial charge in [0.2, 0.25) is 5.79 Å². The number of aromatic carboxylic acids is 1. The molecular weight excluding hydrogens is 519 g/mol. The summed E-state index contributed by atoms with van der Waals surface area (Å²) >= 11 is 0.978. The highest BCUT2D eigenvalue weighted by atomic mass is 32.1. The number of nitrogens with one attached hydrogen (secondary N) is 2. The molecule has 1 aliphatic heterocycles. The number of primary amides is 1. The van der Waals surface area contributed by atoms with E-state index in [0.29, 0.717) is 21.6 Å². The van der Waals surface area contributed by atoms with Crippen LogP contribution in [-0.4, -0.2) is 65.1 Å². The SMILES string of the molecule is C[C@H](CO)OC(C(N)=O)C1(Nc2nc3ccc(OC(F)(F)F)cc3s2)Nc2cc(C(=O)O)ccc2N1C. The normalized spacial score (nSPS) is 18.7. The molecule has 0 fully saturated rings. The summed E-state index contributed by atoms with van der Waals surface area (Å²) in [5.74, 6) is -4.17. The largest absolute Gasteiger partial charge is 0.573 e. The lowest BCUT2D eigenvalue weighted by Crippen LogP contribution is -2.68. The van der Waals surface area contributed by atoms with Crippen molar-refractivity contribution in [2.24, 2.45) is 5.73 Å². The van der Waals surface area contributed by atoms with Crippen molar-refractivity contribution in [1.82, 2.24) is 4.98 Å². The Morgan fingerprint density at radius 2 is 2.03 bits per heavy atom. The molecule has 37 heavy (non-hydrogen) atoms. The van der Waals surface area contributed by atoms with Crippen LogP contribution in [-0.2, 0) is 9.53 Å². The maximum Gasteiger partial charge on any atom is 0.573 e. The number of thiazole rings is 1. The second-order valence-corrected chi connectivity index (χ2v) is 9.25. The van der Waals surface area contributed by atoms with E-state index in [2.05, 4.69) is 20.4 Å². The van der Waals surface area contributed by atoms with Crippen LogP contribution in [0.5, 0.6) is 5.75 Å². The highest BCUT2D eigenvalue weighted by molar-refractivity contribution is 7.22. The first-order valence-electron chi connectivity index (χ1n) is 10.7. The number of amides is 1. The molecule has 3 aromatic rings. The molecule has 1 aliphatic rings. The minimum absolute atomic E-state index is 0.0205. The Morgan fingerprint density at radius 3 is 2.65 bits per heavy atom. The van der Waals surface area contributed by atoms with Gasteiger partial charge in [0.15, 0.2) is 11.2 Å². The number of nitrogens with zero attached hydrogens (tertiary/aromatic N) is 2. The van der Waals surface area contributed by atoms with Crippen LogP contribution in [0, 0.1) is 0 Å². The number of carboxylic acids is 1. The Bertz CT molecular complexity index is 1350. The standard InChI is InChI=1S/C22H22F3N5O6S/c1-10(9-31)35-17(18(26)32)21(28-14-7-11(19(33)34)3-6-15(14)30(21)2)29-20-27-13-5-4-12(8-16(13)37-20)36-22(23,24)25/h3-8,10,17,28,31H,9H2,1-2H3,(H2,26,32)(H,27,29)(H,33,34)/t10-,17?,21?/m1/s1. The topological polar surface area (TPSA) is 159 Å². The van der Waals surface area contributed by atoms with E-state index in [0.717, 1.165) is 17.4 Å². The molecule has 2 heterocycles. The van der Waals surface area contributed by atoms with Crippen LogP contribution < -0.4 is 26.0 Å². The van der Waals surface area contributed by atoms with Gasteiger partial charge < -0.3 is 41.0 Å². The molecule has 6 N–H and O–H groups in total. The maximum absolute atomic E-state index is 12.6. The average Bonchev–Trinajstić information content (AvgIpc) is 3.33. The van der Waals surface area contributed by atoms with E-state index in [-0.39, 0.29) is 10.7 Å². The number of hydrogen-bond acceptors (Lipinski definition) is 10. The molecular formula is C22H22F3N5O6S. The Hall–Kier alpha value is -3.82. The third kappa shape index (κ3) is 5.19. The summed E-state index contributed by atoms with van der Waals surface area (Å²) in [5, 5.41) is 25.2. The maximum atomic E-state index is 12.6. The lowest BCUT2D eigenvalue weighted by Gasteiger charge is -2.42. The van der Waals surface area contributed by atoms with Gasteiger partial charge in [0.25, 0.3) is 5.91 Å². The van der Waals surface area contributed by atoms with Crippen LogP contribution >= 0.6 is 11.3 Å². The third-order valence-corrected chi connectivity index (χ3v) is 6.55. The van der Waals surface area contributed by atoms with E-state index in [1.165, 1.54) is 37.3 Å². The van der Waals surface area contributed by atoms with Gasteiger partial charge in [-0.15, -0.1) is 13.2 Å². The zero-order chi connectivity index (χ0) is 27.1. The Labute approximate surface area is 211 Å². The quantitative estimate of drug-likeness (QED) is 0.273. The number of likely N-dealkylation sites (N-methyl/N-ethyl adjacent to an activating group) is 1. The van der Waals surface area contributed by atoms with E-state index < -0.39 is 48.6 Å². The predicted molar refractivity (Wildman–Crippen MR) is 129 cm³/mol. The van der Waals surface area contributed by atoms with Gasteiger partial charge in [-0.3, -0.25) is 4.79 Å². The zero-order valence-corrected chi connectivity index (χ0v) is 20.2. The van der Waals surface area contributed by atoms with E-state index in [9.17, 15) is 33.0 Å². The zero-order valence-electron chi connectivity index (χ0n) is 19.4. The number of benzene rings is 2. The molecule has 15 heteroatoms. The van der Waals surface area contributed by atoms with Crippen molar-refractivity contribution in [2.75, 3.05) is 29.2 Å². The smallest absolute Gasteiger partial charge is 0.478 e. The Balaban J connectivity index is 1.78. The Kier molecular flexibility index (Phi) is 6.79. The van der Waals surface area contributed by atoms with E-state index >= 15 is 0 Å². The number of aromatic nitrogens is 1. The minimum atomic E-state index is -4.87. The number of carboxylic acid groups (broad SMARTS) is 1. The number of carbonyl (C=O) groups is 2.